The molecule has 0 saturated heterocycles. The molecule has 372 valence electrons. The Labute approximate surface area is 438 Å². The molecular formula is C66H30F9N3. The first kappa shape index (κ1) is 47.7. The summed E-state index contributed by atoms with van der Waals surface area (Å²) in [6, 6.07) is 53.8. The van der Waals surface area contributed by atoms with Crippen LogP contribution in [0.5, 0.6) is 0 Å². The number of rotatable bonds is 3. The van der Waals surface area contributed by atoms with Gasteiger partial charge in [-0.05, 0) is 172 Å². The average molecular weight is 1040 g/mol. The first-order valence-corrected chi connectivity index (χ1v) is 24.3. The Morgan fingerprint density at radius 1 is 0.269 bits per heavy atom. The molecule has 0 heterocycles. The summed E-state index contributed by atoms with van der Waals surface area (Å²) in [7, 11) is 0. The van der Waals surface area contributed by atoms with Crippen molar-refractivity contribution in [2.45, 2.75) is 18.5 Å². The molecular weight excluding hydrogens is 1010 g/mol. The second kappa shape index (κ2) is 17.0. The fraction of sp³-hybridized carbons (Fsp3) is 0.0455. The number of hydrogen-bond acceptors (Lipinski definition) is 3. The molecule has 0 unspecified atom stereocenters. The predicted octanol–water partition coefficient (Wildman–Crippen LogP) is 18.6. The van der Waals surface area contributed by atoms with Gasteiger partial charge in [0, 0.05) is 33.4 Å². The van der Waals surface area contributed by atoms with Crippen LogP contribution in [0, 0.1) is 34.0 Å². The highest BCUT2D eigenvalue weighted by Crippen LogP contribution is 2.67. The summed E-state index contributed by atoms with van der Waals surface area (Å²) < 4.78 is 128. The van der Waals surface area contributed by atoms with Crippen molar-refractivity contribution in [2.75, 3.05) is 0 Å². The van der Waals surface area contributed by atoms with Crippen molar-refractivity contribution >= 4 is 65.8 Å². The lowest BCUT2D eigenvalue weighted by molar-refractivity contribution is -0.138. The zero-order chi connectivity index (χ0) is 54.2. The highest BCUT2D eigenvalue weighted by molar-refractivity contribution is 6.31. The fourth-order valence-electron chi connectivity index (χ4n) is 11.7. The van der Waals surface area contributed by atoms with Gasteiger partial charge in [0.15, 0.2) is 0 Å². The number of hydrogen-bond donors (Lipinski definition) is 0. The molecule has 13 rings (SSSR count). The van der Waals surface area contributed by atoms with Crippen LogP contribution in [0.3, 0.4) is 0 Å². The molecule has 3 aliphatic rings. The van der Waals surface area contributed by atoms with Crippen molar-refractivity contribution in [3.63, 3.8) is 0 Å². The van der Waals surface area contributed by atoms with Gasteiger partial charge in [0.05, 0.1) is 33.4 Å². The summed E-state index contributed by atoms with van der Waals surface area (Å²) in [4.78, 5) is 0. The lowest BCUT2D eigenvalue weighted by atomic mass is 9.81. The first-order valence-electron chi connectivity index (χ1n) is 24.3. The summed E-state index contributed by atoms with van der Waals surface area (Å²) in [6.45, 7) is 0. The summed E-state index contributed by atoms with van der Waals surface area (Å²) >= 11 is 0. The lowest BCUT2D eigenvalue weighted by Crippen LogP contribution is -2.05. The normalized spacial score (nSPS) is 15.2. The quantitative estimate of drug-likeness (QED) is 0.131. The van der Waals surface area contributed by atoms with E-state index in [4.69, 9.17) is 0 Å². The Hall–Kier alpha value is -9.96. The minimum absolute atomic E-state index is 0.0146. The van der Waals surface area contributed by atoms with E-state index in [0.29, 0.717) is 83.5 Å². The topological polar surface area (TPSA) is 71.4 Å². The van der Waals surface area contributed by atoms with Crippen LogP contribution < -0.4 is 0 Å². The van der Waals surface area contributed by atoms with Crippen molar-refractivity contribution in [1.82, 2.24) is 0 Å². The van der Waals surface area contributed by atoms with Crippen LogP contribution >= 0.6 is 0 Å². The van der Waals surface area contributed by atoms with Gasteiger partial charge in [-0.25, -0.2) is 0 Å². The van der Waals surface area contributed by atoms with E-state index in [1.54, 1.807) is 0 Å². The lowest BCUT2D eigenvalue weighted by Gasteiger charge is -2.20. The van der Waals surface area contributed by atoms with E-state index < -0.39 is 35.2 Å². The van der Waals surface area contributed by atoms with E-state index in [9.17, 15) is 55.3 Å². The van der Waals surface area contributed by atoms with Crippen molar-refractivity contribution in [2.24, 2.45) is 0 Å². The number of nitrogens with zero attached hydrogens (tertiary/aromatic N) is 3. The van der Waals surface area contributed by atoms with Gasteiger partial charge in [0.1, 0.15) is 18.2 Å². The Morgan fingerprint density at radius 3 is 0.667 bits per heavy atom. The van der Waals surface area contributed by atoms with Gasteiger partial charge >= 0.3 is 18.5 Å². The zero-order valence-electron chi connectivity index (χ0n) is 40.1. The molecule has 0 saturated carbocycles. The fourth-order valence-corrected chi connectivity index (χ4v) is 11.7. The Bertz CT molecular complexity index is 4070. The van der Waals surface area contributed by atoms with Gasteiger partial charge in [-0.15, -0.1) is 0 Å². The minimum atomic E-state index is -4.71. The van der Waals surface area contributed by atoms with Gasteiger partial charge in [0.25, 0.3) is 0 Å². The molecule has 0 N–H and O–H groups in total. The third-order valence-corrected chi connectivity index (χ3v) is 15.1. The van der Waals surface area contributed by atoms with Crippen molar-refractivity contribution in [1.29, 1.82) is 15.8 Å². The second-order valence-electron chi connectivity index (χ2n) is 19.3. The van der Waals surface area contributed by atoms with E-state index in [-0.39, 0.29) is 33.4 Å². The summed E-state index contributed by atoms with van der Waals surface area (Å²) in [6.07, 6.45) is -14.1. The van der Waals surface area contributed by atoms with Crippen LogP contribution in [0.4, 0.5) is 39.5 Å². The van der Waals surface area contributed by atoms with Crippen molar-refractivity contribution in [3.05, 3.63) is 249 Å². The molecule has 12 heteroatoms. The van der Waals surface area contributed by atoms with Gasteiger partial charge < -0.3 is 0 Å². The summed E-state index contributed by atoms with van der Waals surface area (Å²) in [5.41, 5.74) is 4.48. The Kier molecular flexibility index (Phi) is 10.4. The third-order valence-electron chi connectivity index (χ3n) is 15.1. The number of halogens is 9. The molecule has 3 nitrogen and oxygen atoms in total. The summed E-state index contributed by atoms with van der Waals surface area (Å²) in [5, 5.41) is 39.3. The number of fused-ring (bicyclic) bond motifs is 15. The zero-order valence-corrected chi connectivity index (χ0v) is 40.1. The smallest absolute Gasteiger partial charge is 0.192 e. The minimum Gasteiger partial charge on any atom is -0.192 e. The largest absolute Gasteiger partial charge is 0.416 e. The van der Waals surface area contributed by atoms with Crippen LogP contribution in [0.2, 0.25) is 0 Å². The maximum atomic E-state index is 14.2. The molecule has 0 spiro atoms. The third kappa shape index (κ3) is 7.20. The molecule has 0 amide bonds. The highest BCUT2D eigenvalue weighted by Gasteiger charge is 2.46. The molecule has 0 aromatic heterocycles. The molecule has 0 atom stereocenters. The molecule has 3 aliphatic carbocycles. The highest BCUT2D eigenvalue weighted by atomic mass is 19.4. The Balaban J connectivity index is 1.30. The van der Waals surface area contributed by atoms with Crippen molar-refractivity contribution in [3.8, 4) is 51.6 Å². The second-order valence-corrected chi connectivity index (χ2v) is 19.3. The maximum absolute atomic E-state index is 14.2. The van der Waals surface area contributed by atoms with Gasteiger partial charge in [-0.3, -0.25) is 0 Å². The molecule has 10 aromatic carbocycles. The van der Waals surface area contributed by atoms with Gasteiger partial charge in [0.2, 0.25) is 0 Å². The van der Waals surface area contributed by atoms with E-state index >= 15 is 0 Å². The van der Waals surface area contributed by atoms with Gasteiger partial charge in [-0.2, -0.15) is 55.3 Å². The van der Waals surface area contributed by atoms with E-state index in [1.165, 1.54) is 36.4 Å². The van der Waals surface area contributed by atoms with Gasteiger partial charge in [-0.1, -0.05) is 109 Å². The number of alkyl halides is 9. The molecule has 10 aromatic rings. The van der Waals surface area contributed by atoms with Crippen LogP contribution in [0.25, 0.3) is 99.1 Å². The van der Waals surface area contributed by atoms with E-state index in [2.05, 4.69) is 18.2 Å². The van der Waals surface area contributed by atoms with Crippen LogP contribution in [-0.2, 0) is 18.5 Å². The number of allylic oxidation sites excluding steroid dienone is 3. The number of nitriles is 3. The average Bonchev–Trinajstić information content (AvgIpc) is 3.95. The molecule has 0 radical (unpaired) electrons. The Morgan fingerprint density at radius 2 is 0.474 bits per heavy atom. The van der Waals surface area contributed by atoms with Crippen LogP contribution in [-0.4, -0.2) is 0 Å². The molecule has 0 bridgehead atoms. The molecule has 0 fully saturated rings. The summed E-state index contributed by atoms with van der Waals surface area (Å²) in [5.74, 6) is 0. The van der Waals surface area contributed by atoms with Crippen LogP contribution in [0.15, 0.2) is 182 Å². The SMILES string of the molecule is N#CC(=C1c2cc3ccccc3cc2-c2c1c1c(c3c2C(=C(C#N)c2ccc(C(F)(F)F)cc2)c2cc4ccccc4cc2-3)C(=C(C#N)c2ccc(C(F)(F)F)cc2)c2cc3ccccc3cc2-1)c1ccc(C(F)(F)F)cc1. The van der Waals surface area contributed by atoms with E-state index in [1.807, 2.05) is 109 Å². The van der Waals surface area contributed by atoms with E-state index in [0.717, 1.165) is 68.7 Å². The standard InChI is InChI=1S/C66H30F9N3/c67-64(68,69)43-19-13-34(14-20-43)52(31-76)55-46-25-37-7-1-4-10-40(37)28-49(46)58-61(55)59-50-29-41-11-5-2-8-38(41)26-47(50)57(54(33-78)36-17-23-45(24-18-36)66(73,74)75)63(59)60-51-30-42-12-6-3-9-39(42)27-48(51)56(62(58)60)53(32-77)35-15-21-44(22-16-35)65(70,71)72/h1-30H. The molecule has 0 aliphatic heterocycles. The maximum Gasteiger partial charge on any atom is 0.416 e. The van der Waals surface area contributed by atoms with Crippen LogP contribution in [0.1, 0.15) is 66.8 Å². The monoisotopic (exact) mass is 1040 g/mol. The number of benzene rings is 10. The first-order chi connectivity index (χ1) is 37.5. The predicted molar refractivity (Wildman–Crippen MR) is 284 cm³/mol. The van der Waals surface area contributed by atoms with Crippen molar-refractivity contribution < 1.29 is 39.5 Å². The molecule has 78 heavy (non-hydrogen) atoms.